The number of carbonyl (C=O) groups excluding carboxylic acids is 2. The van der Waals surface area contributed by atoms with Crippen molar-refractivity contribution in [3.8, 4) is 5.00 Å². The summed E-state index contributed by atoms with van der Waals surface area (Å²) in [5.74, 6) is 2.02. The van der Waals surface area contributed by atoms with Gasteiger partial charge in [0.25, 0.3) is 5.91 Å². The van der Waals surface area contributed by atoms with Gasteiger partial charge < -0.3 is 8.98 Å². The fraction of sp³-hybridized carbons (Fsp3) is 0.364. The molecule has 0 atom stereocenters. The quantitative estimate of drug-likeness (QED) is 0.526. The van der Waals surface area contributed by atoms with E-state index < -0.39 is 5.91 Å². The first-order valence-electron chi connectivity index (χ1n) is 10.4. The Morgan fingerprint density at radius 3 is 2.61 bits per heavy atom. The van der Waals surface area contributed by atoms with E-state index in [-0.39, 0.29) is 11.7 Å². The lowest BCUT2D eigenvalue weighted by atomic mass is 10.1. The van der Waals surface area contributed by atoms with Crippen molar-refractivity contribution in [2.24, 2.45) is 0 Å². The zero-order valence-corrected chi connectivity index (χ0v) is 19.3. The van der Waals surface area contributed by atoms with Gasteiger partial charge in [0.15, 0.2) is 5.76 Å². The first-order valence-corrected chi connectivity index (χ1v) is 12.3. The summed E-state index contributed by atoms with van der Waals surface area (Å²) in [4.78, 5) is 29.0. The van der Waals surface area contributed by atoms with Gasteiger partial charge >= 0.3 is 5.91 Å². The maximum absolute atomic E-state index is 13.1. The van der Waals surface area contributed by atoms with E-state index in [0.717, 1.165) is 47.3 Å². The minimum absolute atomic E-state index is 0.178. The Bertz CT molecular complexity index is 1050. The van der Waals surface area contributed by atoms with Crippen LogP contribution in [0.2, 0.25) is 0 Å². The van der Waals surface area contributed by atoms with Crippen LogP contribution in [0, 0.1) is 0 Å². The normalized spacial score (nSPS) is 13.3. The molecule has 0 aromatic carbocycles. The van der Waals surface area contributed by atoms with Crippen LogP contribution >= 0.6 is 23.1 Å². The minimum Gasteiger partial charge on any atom is -0.454 e. The highest BCUT2D eigenvalue weighted by Gasteiger charge is 2.27. The van der Waals surface area contributed by atoms with E-state index >= 15 is 0 Å². The molecule has 0 radical (unpaired) electrons. The van der Waals surface area contributed by atoms with Crippen molar-refractivity contribution in [1.29, 1.82) is 0 Å². The van der Waals surface area contributed by atoms with E-state index in [1.807, 2.05) is 40.9 Å². The number of thioether (sulfide) groups is 1. The number of thiophene rings is 1. The Morgan fingerprint density at radius 2 is 1.87 bits per heavy atom. The van der Waals surface area contributed by atoms with Gasteiger partial charge in [-0.15, -0.1) is 11.3 Å². The summed E-state index contributed by atoms with van der Waals surface area (Å²) in [6, 6.07) is 7.30. The number of aromatic nitrogens is 1. The van der Waals surface area contributed by atoms with Crippen LogP contribution in [0.1, 0.15) is 51.0 Å². The summed E-state index contributed by atoms with van der Waals surface area (Å²) in [5.41, 5.74) is 6.81. The Labute approximate surface area is 189 Å². The maximum Gasteiger partial charge on any atom is 0.305 e. The Balaban J connectivity index is 1.46. The molecule has 3 aromatic rings. The SMILES string of the molecule is CCN(CC)Cc1ccc(C(=O)NNC(=O)c2c(-n3cccc3)sc3c2CCSC3)o1. The summed E-state index contributed by atoms with van der Waals surface area (Å²) in [6.45, 7) is 6.62. The first kappa shape index (κ1) is 21.7. The van der Waals surface area contributed by atoms with Crippen molar-refractivity contribution < 1.29 is 14.0 Å². The molecule has 0 saturated heterocycles. The number of furan rings is 1. The van der Waals surface area contributed by atoms with Gasteiger partial charge in [0.2, 0.25) is 0 Å². The van der Waals surface area contributed by atoms with Crippen LogP contribution in [0.5, 0.6) is 0 Å². The van der Waals surface area contributed by atoms with Gasteiger partial charge in [0.1, 0.15) is 10.8 Å². The molecule has 9 heteroatoms. The third-order valence-electron chi connectivity index (χ3n) is 5.32. The number of carbonyl (C=O) groups is 2. The number of nitrogens with zero attached hydrogens (tertiary/aromatic N) is 2. The molecule has 0 spiro atoms. The predicted molar refractivity (Wildman–Crippen MR) is 124 cm³/mol. The van der Waals surface area contributed by atoms with Gasteiger partial charge in [-0.1, -0.05) is 13.8 Å². The molecule has 0 saturated carbocycles. The van der Waals surface area contributed by atoms with Crippen LogP contribution in [0.25, 0.3) is 5.00 Å². The summed E-state index contributed by atoms with van der Waals surface area (Å²) >= 11 is 3.51. The maximum atomic E-state index is 13.1. The van der Waals surface area contributed by atoms with Gasteiger partial charge in [-0.25, -0.2) is 0 Å². The molecule has 164 valence electrons. The molecule has 4 heterocycles. The molecule has 4 rings (SSSR count). The minimum atomic E-state index is -0.471. The molecule has 2 N–H and O–H groups in total. The largest absolute Gasteiger partial charge is 0.454 e. The van der Waals surface area contributed by atoms with Crippen LogP contribution in [-0.4, -0.2) is 40.1 Å². The van der Waals surface area contributed by atoms with Gasteiger partial charge in [-0.05, 0) is 55.1 Å². The van der Waals surface area contributed by atoms with E-state index in [1.54, 1.807) is 23.5 Å². The number of rotatable bonds is 7. The van der Waals surface area contributed by atoms with Crippen LogP contribution in [0.3, 0.4) is 0 Å². The second-order valence-electron chi connectivity index (χ2n) is 7.21. The van der Waals surface area contributed by atoms with Crippen molar-refractivity contribution in [2.45, 2.75) is 32.6 Å². The number of amides is 2. The highest BCUT2D eigenvalue weighted by atomic mass is 32.2. The lowest BCUT2D eigenvalue weighted by Gasteiger charge is -2.15. The van der Waals surface area contributed by atoms with Crippen molar-refractivity contribution in [1.82, 2.24) is 20.3 Å². The standard InChI is InChI=1S/C22H26N4O3S2/c1-3-25(4-2)13-15-7-8-17(29-15)20(27)23-24-21(28)19-16-9-12-30-14-18(16)31-22(19)26-10-5-6-11-26/h5-8,10-11H,3-4,9,12-14H2,1-2H3,(H,23,27)(H,24,28). The molecular weight excluding hydrogens is 432 g/mol. The molecular formula is C22H26N4O3S2. The van der Waals surface area contributed by atoms with Gasteiger partial charge in [0, 0.05) is 23.0 Å². The van der Waals surface area contributed by atoms with Crippen molar-refractivity contribution in [3.63, 3.8) is 0 Å². The fourth-order valence-electron chi connectivity index (χ4n) is 3.59. The highest BCUT2D eigenvalue weighted by Crippen LogP contribution is 2.38. The van der Waals surface area contributed by atoms with E-state index in [2.05, 4.69) is 29.6 Å². The van der Waals surface area contributed by atoms with E-state index in [4.69, 9.17) is 4.42 Å². The van der Waals surface area contributed by atoms with Gasteiger partial charge in [0.05, 0.1) is 12.1 Å². The second-order valence-corrected chi connectivity index (χ2v) is 9.40. The number of fused-ring (bicyclic) bond motifs is 1. The van der Waals surface area contributed by atoms with Crippen LogP contribution < -0.4 is 10.9 Å². The molecule has 1 aliphatic rings. The first-order chi connectivity index (χ1) is 15.1. The van der Waals surface area contributed by atoms with E-state index in [1.165, 1.54) is 4.88 Å². The molecule has 0 fully saturated rings. The summed E-state index contributed by atoms with van der Waals surface area (Å²) in [5, 5.41) is 0.878. The smallest absolute Gasteiger partial charge is 0.305 e. The van der Waals surface area contributed by atoms with E-state index in [0.29, 0.717) is 12.1 Å². The molecule has 0 aliphatic carbocycles. The monoisotopic (exact) mass is 458 g/mol. The van der Waals surface area contributed by atoms with Crippen LogP contribution in [0.15, 0.2) is 41.1 Å². The molecule has 0 unspecified atom stereocenters. The average Bonchev–Trinajstić information content (AvgIpc) is 3.54. The topological polar surface area (TPSA) is 79.5 Å². The zero-order chi connectivity index (χ0) is 21.8. The predicted octanol–water partition coefficient (Wildman–Crippen LogP) is 3.84. The molecule has 31 heavy (non-hydrogen) atoms. The lowest BCUT2D eigenvalue weighted by Crippen LogP contribution is -2.42. The molecule has 7 nitrogen and oxygen atoms in total. The lowest BCUT2D eigenvalue weighted by molar-refractivity contribution is 0.0828. The van der Waals surface area contributed by atoms with Crippen molar-refractivity contribution in [3.05, 3.63) is 64.2 Å². The Hall–Kier alpha value is -2.49. The molecule has 0 bridgehead atoms. The zero-order valence-electron chi connectivity index (χ0n) is 17.6. The molecule has 3 aromatic heterocycles. The van der Waals surface area contributed by atoms with E-state index in [9.17, 15) is 9.59 Å². The van der Waals surface area contributed by atoms with Crippen LogP contribution in [-0.2, 0) is 18.7 Å². The number of nitrogens with one attached hydrogen (secondary N) is 2. The van der Waals surface area contributed by atoms with Gasteiger partial charge in [-0.3, -0.25) is 25.3 Å². The average molecular weight is 459 g/mol. The van der Waals surface area contributed by atoms with Crippen molar-refractivity contribution >= 4 is 34.9 Å². The third-order valence-corrected chi connectivity index (χ3v) is 7.73. The number of hydrogen-bond acceptors (Lipinski definition) is 6. The summed E-state index contributed by atoms with van der Waals surface area (Å²) < 4.78 is 7.62. The van der Waals surface area contributed by atoms with Gasteiger partial charge in [-0.2, -0.15) is 11.8 Å². The van der Waals surface area contributed by atoms with Crippen LogP contribution in [0.4, 0.5) is 0 Å². The molecule has 2 amide bonds. The third kappa shape index (κ3) is 4.73. The Morgan fingerprint density at radius 1 is 1.13 bits per heavy atom. The van der Waals surface area contributed by atoms with Crippen molar-refractivity contribution in [2.75, 3.05) is 18.8 Å². The Kier molecular flexibility index (Phi) is 6.84. The highest BCUT2D eigenvalue weighted by molar-refractivity contribution is 7.98. The number of hydrazine groups is 1. The molecule has 1 aliphatic heterocycles. The summed E-state index contributed by atoms with van der Waals surface area (Å²) in [6.07, 6.45) is 4.71. The number of hydrogen-bond donors (Lipinski definition) is 2. The fourth-order valence-corrected chi connectivity index (χ4v) is 6.04. The second kappa shape index (κ2) is 9.76. The summed E-state index contributed by atoms with van der Waals surface area (Å²) in [7, 11) is 0.